The molecule has 0 aromatic carbocycles. The summed E-state index contributed by atoms with van der Waals surface area (Å²) >= 11 is 0. The van der Waals surface area contributed by atoms with Gasteiger partial charge in [0.15, 0.2) is 0 Å². The van der Waals surface area contributed by atoms with Crippen LogP contribution in [0.3, 0.4) is 0 Å². The van der Waals surface area contributed by atoms with Gasteiger partial charge in [-0.3, -0.25) is 0 Å². The zero-order valence-corrected chi connectivity index (χ0v) is 13.7. The molecule has 1 aliphatic rings. The van der Waals surface area contributed by atoms with Crippen molar-refractivity contribution in [2.24, 2.45) is 5.41 Å². The molecule has 1 saturated carbocycles. The van der Waals surface area contributed by atoms with Crippen LogP contribution in [0.15, 0.2) is 6.20 Å². The molecule has 1 aliphatic carbocycles. The summed E-state index contributed by atoms with van der Waals surface area (Å²) in [6.45, 7) is 9.89. The zero-order valence-electron chi connectivity index (χ0n) is 13.7. The molecule has 21 heavy (non-hydrogen) atoms. The summed E-state index contributed by atoms with van der Waals surface area (Å²) in [5.41, 5.74) is 0.733. The van der Waals surface area contributed by atoms with Gasteiger partial charge in [-0.05, 0) is 44.9 Å². The van der Waals surface area contributed by atoms with Crippen LogP contribution >= 0.6 is 0 Å². The molecule has 1 heterocycles. The van der Waals surface area contributed by atoms with Crippen molar-refractivity contribution in [3.05, 3.63) is 11.8 Å². The summed E-state index contributed by atoms with van der Waals surface area (Å²) in [6, 6.07) is 0. The van der Waals surface area contributed by atoms with Crippen molar-refractivity contribution >= 4 is 11.8 Å². The Kier molecular flexibility index (Phi) is 4.71. The summed E-state index contributed by atoms with van der Waals surface area (Å²) in [4.78, 5) is 8.70. The van der Waals surface area contributed by atoms with Crippen LogP contribution in [0.5, 0.6) is 0 Å². The highest BCUT2D eigenvalue weighted by atomic mass is 16.3. The molecule has 0 atom stereocenters. The standard InChI is InChI=1S/C16H28N4O/c1-5-17-14-18-10-12(2)13(20-14)19-11-16(21)8-6-15(3,4)7-9-16/h10,21H,5-9,11H2,1-4H3,(H2,17,18,19,20). The molecule has 0 amide bonds. The molecule has 0 aliphatic heterocycles. The molecule has 1 aromatic rings. The van der Waals surface area contributed by atoms with E-state index in [1.54, 1.807) is 6.20 Å². The van der Waals surface area contributed by atoms with Gasteiger partial charge in [0, 0.05) is 24.8 Å². The number of anilines is 2. The number of rotatable bonds is 5. The van der Waals surface area contributed by atoms with E-state index in [0.29, 0.717) is 17.9 Å². The molecule has 118 valence electrons. The van der Waals surface area contributed by atoms with E-state index >= 15 is 0 Å². The predicted molar refractivity (Wildman–Crippen MR) is 86.6 cm³/mol. The number of hydrogen-bond donors (Lipinski definition) is 3. The Morgan fingerprint density at radius 1 is 1.19 bits per heavy atom. The molecular formula is C16H28N4O. The third-order valence-electron chi connectivity index (χ3n) is 4.43. The van der Waals surface area contributed by atoms with E-state index < -0.39 is 5.60 Å². The van der Waals surface area contributed by atoms with Crippen LogP contribution in [0.25, 0.3) is 0 Å². The Morgan fingerprint density at radius 2 is 1.86 bits per heavy atom. The van der Waals surface area contributed by atoms with E-state index in [1.165, 1.54) is 0 Å². The molecule has 0 saturated heterocycles. The summed E-state index contributed by atoms with van der Waals surface area (Å²) in [5, 5.41) is 17.1. The molecule has 0 spiro atoms. The molecule has 0 unspecified atom stereocenters. The second-order valence-corrected chi connectivity index (χ2v) is 7.00. The van der Waals surface area contributed by atoms with Crippen LogP contribution in [0, 0.1) is 12.3 Å². The monoisotopic (exact) mass is 292 g/mol. The molecule has 5 heteroatoms. The predicted octanol–water partition coefficient (Wildman–Crippen LogP) is 2.96. The summed E-state index contributed by atoms with van der Waals surface area (Å²) < 4.78 is 0. The number of nitrogens with zero attached hydrogens (tertiary/aromatic N) is 2. The average molecular weight is 292 g/mol. The SMILES string of the molecule is CCNc1ncc(C)c(NCC2(O)CCC(C)(C)CC2)n1. The van der Waals surface area contributed by atoms with Crippen molar-refractivity contribution in [1.82, 2.24) is 9.97 Å². The van der Waals surface area contributed by atoms with Crippen molar-refractivity contribution < 1.29 is 5.11 Å². The van der Waals surface area contributed by atoms with Crippen LogP contribution in [0.4, 0.5) is 11.8 Å². The largest absolute Gasteiger partial charge is 0.388 e. The van der Waals surface area contributed by atoms with E-state index in [1.807, 2.05) is 13.8 Å². The second kappa shape index (κ2) is 6.18. The fourth-order valence-electron chi connectivity index (χ4n) is 2.68. The maximum Gasteiger partial charge on any atom is 0.224 e. The van der Waals surface area contributed by atoms with Crippen molar-refractivity contribution in [2.45, 2.75) is 59.0 Å². The van der Waals surface area contributed by atoms with E-state index in [-0.39, 0.29) is 0 Å². The lowest BCUT2D eigenvalue weighted by Gasteiger charge is -2.40. The molecule has 1 fully saturated rings. The highest BCUT2D eigenvalue weighted by Crippen LogP contribution is 2.40. The Morgan fingerprint density at radius 3 is 2.48 bits per heavy atom. The van der Waals surface area contributed by atoms with Crippen LogP contribution in [0.2, 0.25) is 0 Å². The van der Waals surface area contributed by atoms with Gasteiger partial charge in [-0.25, -0.2) is 4.98 Å². The Hall–Kier alpha value is -1.36. The minimum atomic E-state index is -0.620. The van der Waals surface area contributed by atoms with Gasteiger partial charge in [0.05, 0.1) is 5.60 Å². The zero-order chi connectivity index (χ0) is 15.5. The maximum absolute atomic E-state index is 10.7. The van der Waals surface area contributed by atoms with Gasteiger partial charge in [-0.2, -0.15) is 4.98 Å². The maximum atomic E-state index is 10.7. The van der Waals surface area contributed by atoms with Crippen molar-refractivity contribution in [3.63, 3.8) is 0 Å². The third-order valence-corrected chi connectivity index (χ3v) is 4.43. The highest BCUT2D eigenvalue weighted by molar-refractivity contribution is 5.46. The van der Waals surface area contributed by atoms with Crippen LogP contribution in [0.1, 0.15) is 52.0 Å². The van der Waals surface area contributed by atoms with E-state index in [4.69, 9.17) is 0 Å². The number of nitrogens with one attached hydrogen (secondary N) is 2. The van der Waals surface area contributed by atoms with E-state index in [0.717, 1.165) is 43.6 Å². The molecular weight excluding hydrogens is 264 g/mol. The molecule has 1 aromatic heterocycles. The number of aryl methyl sites for hydroxylation is 1. The lowest BCUT2D eigenvalue weighted by atomic mass is 9.71. The van der Waals surface area contributed by atoms with Crippen molar-refractivity contribution in [2.75, 3.05) is 23.7 Å². The van der Waals surface area contributed by atoms with Crippen LogP contribution in [-0.4, -0.2) is 33.8 Å². The lowest BCUT2D eigenvalue weighted by molar-refractivity contribution is -0.0145. The topological polar surface area (TPSA) is 70.1 Å². The lowest BCUT2D eigenvalue weighted by Crippen LogP contribution is -2.42. The Balaban J connectivity index is 1.98. The molecule has 2 rings (SSSR count). The van der Waals surface area contributed by atoms with Gasteiger partial charge < -0.3 is 15.7 Å². The van der Waals surface area contributed by atoms with Gasteiger partial charge in [0.25, 0.3) is 0 Å². The minimum Gasteiger partial charge on any atom is -0.388 e. The Labute approximate surface area is 127 Å². The fourth-order valence-corrected chi connectivity index (χ4v) is 2.68. The van der Waals surface area contributed by atoms with Crippen LogP contribution < -0.4 is 10.6 Å². The number of aliphatic hydroxyl groups is 1. The smallest absolute Gasteiger partial charge is 0.224 e. The van der Waals surface area contributed by atoms with Gasteiger partial charge in [-0.15, -0.1) is 0 Å². The molecule has 5 nitrogen and oxygen atoms in total. The van der Waals surface area contributed by atoms with E-state index in [2.05, 4.69) is 34.4 Å². The molecule has 3 N–H and O–H groups in total. The number of aromatic nitrogens is 2. The Bertz CT molecular complexity index is 477. The van der Waals surface area contributed by atoms with Crippen molar-refractivity contribution in [3.8, 4) is 0 Å². The first kappa shape index (κ1) is 16.0. The summed E-state index contributed by atoms with van der Waals surface area (Å²) in [7, 11) is 0. The second-order valence-electron chi connectivity index (χ2n) is 7.00. The first-order chi connectivity index (χ1) is 9.84. The highest BCUT2D eigenvalue weighted by Gasteiger charge is 2.36. The quantitative estimate of drug-likeness (QED) is 0.778. The average Bonchev–Trinajstić information content (AvgIpc) is 2.44. The minimum absolute atomic E-state index is 0.356. The third kappa shape index (κ3) is 4.30. The van der Waals surface area contributed by atoms with Gasteiger partial charge in [-0.1, -0.05) is 13.8 Å². The van der Waals surface area contributed by atoms with Gasteiger partial charge in [0.1, 0.15) is 5.82 Å². The summed E-state index contributed by atoms with van der Waals surface area (Å²) in [6.07, 6.45) is 5.63. The fraction of sp³-hybridized carbons (Fsp3) is 0.750. The normalized spacial score (nSPS) is 20.0. The molecule has 0 bridgehead atoms. The van der Waals surface area contributed by atoms with Gasteiger partial charge in [0.2, 0.25) is 5.95 Å². The first-order valence-electron chi connectivity index (χ1n) is 7.87. The van der Waals surface area contributed by atoms with Crippen LogP contribution in [-0.2, 0) is 0 Å². The number of hydrogen-bond acceptors (Lipinski definition) is 5. The van der Waals surface area contributed by atoms with E-state index in [9.17, 15) is 5.11 Å². The van der Waals surface area contributed by atoms with Gasteiger partial charge >= 0.3 is 0 Å². The first-order valence-corrected chi connectivity index (χ1v) is 7.87. The van der Waals surface area contributed by atoms with Crippen molar-refractivity contribution in [1.29, 1.82) is 0 Å². The molecule has 0 radical (unpaired) electrons. The summed E-state index contributed by atoms with van der Waals surface area (Å²) in [5.74, 6) is 1.43.